The maximum Gasteiger partial charge on any atom is 0.494 e. The van der Waals surface area contributed by atoms with Gasteiger partial charge >= 0.3 is 7.12 Å². The van der Waals surface area contributed by atoms with E-state index in [1.165, 1.54) is 5.56 Å². The van der Waals surface area contributed by atoms with Gasteiger partial charge in [-0.3, -0.25) is 0 Å². The standard InChI is InChI=1S/C22H27BO4/c1-21(2)22(3,4)27-23(26-21)16-10-11-20-18(13-16)19(24)14-17(25-20)12-15-8-6-5-7-9-15/h5-11,13,17,19,24H,12,14H2,1-4H3. The van der Waals surface area contributed by atoms with Crippen LogP contribution in [0.1, 0.15) is 51.3 Å². The predicted molar refractivity (Wildman–Crippen MR) is 106 cm³/mol. The summed E-state index contributed by atoms with van der Waals surface area (Å²) in [5.74, 6) is 0.745. The minimum absolute atomic E-state index is 0.0300. The van der Waals surface area contributed by atoms with Gasteiger partial charge in [0.15, 0.2) is 0 Å². The number of aliphatic hydroxyl groups excluding tert-OH is 1. The molecule has 0 aromatic heterocycles. The second kappa shape index (κ2) is 6.66. The minimum atomic E-state index is -0.551. The zero-order chi connectivity index (χ0) is 19.2. The van der Waals surface area contributed by atoms with Crippen LogP contribution >= 0.6 is 0 Å². The minimum Gasteiger partial charge on any atom is -0.490 e. The number of benzene rings is 2. The van der Waals surface area contributed by atoms with E-state index in [4.69, 9.17) is 14.0 Å². The van der Waals surface area contributed by atoms with Gasteiger partial charge < -0.3 is 19.2 Å². The van der Waals surface area contributed by atoms with Crippen LogP contribution in [0.25, 0.3) is 0 Å². The smallest absolute Gasteiger partial charge is 0.490 e. The molecule has 2 aliphatic heterocycles. The second-order valence-electron chi connectivity index (χ2n) is 8.57. The molecule has 2 aliphatic rings. The lowest BCUT2D eigenvalue weighted by molar-refractivity contribution is 0.00578. The Hall–Kier alpha value is -1.82. The van der Waals surface area contributed by atoms with E-state index in [1.807, 2.05) is 64.1 Å². The summed E-state index contributed by atoms with van der Waals surface area (Å²) in [7, 11) is -0.436. The molecule has 2 atom stereocenters. The first kappa shape index (κ1) is 18.5. The van der Waals surface area contributed by atoms with Gasteiger partial charge in [-0.2, -0.15) is 0 Å². The number of fused-ring (bicyclic) bond motifs is 1. The maximum atomic E-state index is 10.7. The van der Waals surface area contributed by atoms with Gasteiger partial charge in [0.2, 0.25) is 0 Å². The lowest BCUT2D eigenvalue weighted by atomic mass is 9.77. The van der Waals surface area contributed by atoms with E-state index in [2.05, 4.69) is 12.1 Å². The molecule has 5 heteroatoms. The summed E-state index contributed by atoms with van der Waals surface area (Å²) in [4.78, 5) is 0. The molecule has 2 aromatic rings. The fraction of sp³-hybridized carbons (Fsp3) is 0.455. The molecule has 0 saturated carbocycles. The summed E-state index contributed by atoms with van der Waals surface area (Å²) in [6.07, 6.45) is 0.785. The molecule has 0 amide bonds. The van der Waals surface area contributed by atoms with Crippen molar-refractivity contribution in [3.05, 3.63) is 59.7 Å². The Balaban J connectivity index is 1.53. The van der Waals surface area contributed by atoms with E-state index in [1.54, 1.807) is 0 Å². The Morgan fingerprint density at radius 1 is 1.00 bits per heavy atom. The molecule has 142 valence electrons. The van der Waals surface area contributed by atoms with Crippen molar-refractivity contribution in [2.24, 2.45) is 0 Å². The fourth-order valence-corrected chi connectivity index (χ4v) is 3.67. The summed E-state index contributed by atoms with van der Waals surface area (Å²) < 4.78 is 18.4. The lowest BCUT2D eigenvalue weighted by Crippen LogP contribution is -2.41. The first-order valence-corrected chi connectivity index (χ1v) is 9.63. The molecule has 4 rings (SSSR count). The molecular formula is C22H27BO4. The van der Waals surface area contributed by atoms with Crippen molar-refractivity contribution in [2.75, 3.05) is 0 Å². The molecule has 0 aliphatic carbocycles. The maximum absolute atomic E-state index is 10.7. The van der Waals surface area contributed by atoms with Crippen LogP contribution in [-0.4, -0.2) is 29.5 Å². The van der Waals surface area contributed by atoms with Gasteiger partial charge in [0.1, 0.15) is 11.9 Å². The Labute approximate surface area is 161 Å². The van der Waals surface area contributed by atoms with Crippen molar-refractivity contribution in [2.45, 2.75) is 63.9 Å². The number of hydrogen-bond acceptors (Lipinski definition) is 4. The van der Waals surface area contributed by atoms with E-state index >= 15 is 0 Å². The van der Waals surface area contributed by atoms with Crippen LogP contribution in [0.5, 0.6) is 5.75 Å². The van der Waals surface area contributed by atoms with Crippen LogP contribution in [0, 0.1) is 0 Å². The Bertz CT molecular complexity index is 802. The molecule has 0 bridgehead atoms. The molecule has 2 heterocycles. The SMILES string of the molecule is CC1(C)OB(c2ccc3c(c2)C(O)CC(Cc2ccccc2)O3)OC1(C)C. The zero-order valence-corrected chi connectivity index (χ0v) is 16.4. The second-order valence-corrected chi connectivity index (χ2v) is 8.57. The van der Waals surface area contributed by atoms with E-state index in [9.17, 15) is 5.11 Å². The van der Waals surface area contributed by atoms with E-state index in [-0.39, 0.29) is 17.3 Å². The van der Waals surface area contributed by atoms with Crippen LogP contribution in [0.3, 0.4) is 0 Å². The lowest BCUT2D eigenvalue weighted by Gasteiger charge is -2.32. The highest BCUT2D eigenvalue weighted by molar-refractivity contribution is 6.62. The van der Waals surface area contributed by atoms with Crippen molar-refractivity contribution in [3.63, 3.8) is 0 Å². The Kier molecular flexibility index (Phi) is 4.57. The third-order valence-corrected chi connectivity index (χ3v) is 6.00. The Morgan fingerprint density at radius 3 is 2.33 bits per heavy atom. The van der Waals surface area contributed by atoms with Gasteiger partial charge in [-0.15, -0.1) is 0 Å². The average molecular weight is 366 g/mol. The molecule has 2 unspecified atom stereocenters. The van der Waals surface area contributed by atoms with Crippen LogP contribution in [0.2, 0.25) is 0 Å². The number of hydrogen-bond donors (Lipinski definition) is 1. The summed E-state index contributed by atoms with van der Waals surface area (Å²) in [6, 6.07) is 16.1. The van der Waals surface area contributed by atoms with Gasteiger partial charge in [-0.25, -0.2) is 0 Å². The van der Waals surface area contributed by atoms with Gasteiger partial charge in [0, 0.05) is 18.4 Å². The summed E-state index contributed by atoms with van der Waals surface area (Å²) >= 11 is 0. The van der Waals surface area contributed by atoms with Gasteiger partial charge in [0.05, 0.1) is 17.3 Å². The molecule has 1 fully saturated rings. The third-order valence-electron chi connectivity index (χ3n) is 6.00. The first-order valence-electron chi connectivity index (χ1n) is 9.63. The van der Waals surface area contributed by atoms with E-state index < -0.39 is 13.2 Å². The summed E-state index contributed by atoms with van der Waals surface area (Å²) in [5, 5.41) is 10.7. The van der Waals surface area contributed by atoms with Gasteiger partial charge in [-0.1, -0.05) is 42.5 Å². The quantitative estimate of drug-likeness (QED) is 0.846. The van der Waals surface area contributed by atoms with Crippen molar-refractivity contribution in [1.29, 1.82) is 0 Å². The van der Waals surface area contributed by atoms with Gasteiger partial charge in [0.25, 0.3) is 0 Å². The number of rotatable bonds is 3. The topological polar surface area (TPSA) is 47.9 Å². The van der Waals surface area contributed by atoms with E-state index in [0.717, 1.165) is 23.2 Å². The number of ether oxygens (including phenoxy) is 1. The van der Waals surface area contributed by atoms with Crippen LogP contribution in [0.15, 0.2) is 48.5 Å². The normalized spacial score (nSPS) is 25.7. The molecule has 0 radical (unpaired) electrons. The zero-order valence-electron chi connectivity index (χ0n) is 16.4. The van der Waals surface area contributed by atoms with Crippen molar-refractivity contribution in [3.8, 4) is 5.75 Å². The average Bonchev–Trinajstić information content (AvgIpc) is 2.83. The highest BCUT2D eigenvalue weighted by Gasteiger charge is 2.51. The molecule has 1 N–H and O–H groups in total. The summed E-state index contributed by atoms with van der Waals surface area (Å²) in [5.41, 5.74) is 2.17. The fourth-order valence-electron chi connectivity index (χ4n) is 3.67. The van der Waals surface area contributed by atoms with E-state index in [0.29, 0.717) is 6.42 Å². The Morgan fingerprint density at radius 2 is 1.67 bits per heavy atom. The monoisotopic (exact) mass is 366 g/mol. The highest BCUT2D eigenvalue weighted by Crippen LogP contribution is 2.38. The highest BCUT2D eigenvalue weighted by atomic mass is 16.7. The molecule has 27 heavy (non-hydrogen) atoms. The third kappa shape index (κ3) is 3.52. The van der Waals surface area contributed by atoms with Gasteiger partial charge in [-0.05, 0) is 44.8 Å². The van der Waals surface area contributed by atoms with Crippen molar-refractivity contribution in [1.82, 2.24) is 0 Å². The largest absolute Gasteiger partial charge is 0.494 e. The number of aliphatic hydroxyl groups is 1. The molecular weight excluding hydrogens is 339 g/mol. The first-order chi connectivity index (χ1) is 12.7. The van der Waals surface area contributed by atoms with Crippen LogP contribution in [-0.2, 0) is 15.7 Å². The molecule has 0 spiro atoms. The van der Waals surface area contributed by atoms with Crippen molar-refractivity contribution >= 4 is 12.6 Å². The molecule has 2 aromatic carbocycles. The van der Waals surface area contributed by atoms with Crippen LogP contribution < -0.4 is 10.2 Å². The summed E-state index contributed by atoms with van der Waals surface area (Å²) in [6.45, 7) is 8.16. The van der Waals surface area contributed by atoms with Crippen molar-refractivity contribution < 1.29 is 19.2 Å². The predicted octanol–water partition coefficient (Wildman–Crippen LogP) is 3.41. The molecule has 1 saturated heterocycles. The molecule has 4 nitrogen and oxygen atoms in total. The van der Waals surface area contributed by atoms with Crippen LogP contribution in [0.4, 0.5) is 0 Å².